The maximum atomic E-state index is 8.60. The lowest BCUT2D eigenvalue weighted by Gasteiger charge is -2.40. The number of piperazine rings is 1. The minimum atomic E-state index is 0.418. The van der Waals surface area contributed by atoms with Crippen LogP contribution in [0.15, 0.2) is 0 Å². The molecular weight excluding hydrogens is 162 g/mol. The van der Waals surface area contributed by atoms with Gasteiger partial charge in [0.15, 0.2) is 0 Å². The molecular formula is C10H19N3. The summed E-state index contributed by atoms with van der Waals surface area (Å²) in [6, 6.07) is 3.27. The first-order chi connectivity index (χ1) is 6.15. The number of likely N-dealkylation sites (N-methyl/N-ethyl adjacent to an activating group) is 1. The Bertz CT molecular complexity index is 197. The highest BCUT2D eigenvalue weighted by Gasteiger charge is 2.23. The third-order valence-corrected chi connectivity index (χ3v) is 3.00. The van der Waals surface area contributed by atoms with E-state index in [9.17, 15) is 0 Å². The van der Waals surface area contributed by atoms with Crippen LogP contribution in [0.3, 0.4) is 0 Å². The summed E-state index contributed by atoms with van der Waals surface area (Å²) in [5, 5.41) is 8.60. The van der Waals surface area contributed by atoms with E-state index in [1.807, 2.05) is 0 Å². The van der Waals surface area contributed by atoms with Crippen molar-refractivity contribution in [2.75, 3.05) is 26.7 Å². The summed E-state index contributed by atoms with van der Waals surface area (Å²) in [6.07, 6.45) is 0.649. The molecule has 2 unspecified atom stereocenters. The molecule has 0 bridgehead atoms. The number of nitrogens with zero attached hydrogens (tertiary/aromatic N) is 3. The molecule has 0 amide bonds. The summed E-state index contributed by atoms with van der Waals surface area (Å²) in [7, 11) is 2.16. The zero-order valence-corrected chi connectivity index (χ0v) is 8.82. The normalized spacial score (nSPS) is 28.3. The standard InChI is InChI=1S/C10H19N3/c1-9(4-5-11)13-7-6-12(3)10(2)8-13/h9-10H,4,6-8H2,1-3H3. The van der Waals surface area contributed by atoms with E-state index in [2.05, 4.69) is 36.8 Å². The van der Waals surface area contributed by atoms with E-state index >= 15 is 0 Å². The highest BCUT2D eigenvalue weighted by atomic mass is 15.3. The molecule has 1 rings (SSSR count). The number of nitriles is 1. The molecule has 1 saturated heterocycles. The number of hydrogen-bond donors (Lipinski definition) is 0. The van der Waals surface area contributed by atoms with Crippen molar-refractivity contribution in [1.29, 1.82) is 5.26 Å². The Balaban J connectivity index is 2.41. The van der Waals surface area contributed by atoms with Gasteiger partial charge in [0.05, 0.1) is 12.5 Å². The molecule has 3 nitrogen and oxygen atoms in total. The van der Waals surface area contributed by atoms with Gasteiger partial charge in [0.2, 0.25) is 0 Å². The molecule has 0 aromatic heterocycles. The molecule has 0 aliphatic carbocycles. The summed E-state index contributed by atoms with van der Waals surface area (Å²) in [5.41, 5.74) is 0. The van der Waals surface area contributed by atoms with E-state index in [-0.39, 0.29) is 0 Å². The predicted octanol–water partition coefficient (Wildman–Crippen LogP) is 0.924. The fourth-order valence-corrected chi connectivity index (χ4v) is 1.74. The van der Waals surface area contributed by atoms with E-state index < -0.39 is 0 Å². The molecule has 74 valence electrons. The third kappa shape index (κ3) is 2.68. The minimum Gasteiger partial charge on any atom is -0.301 e. The highest BCUT2D eigenvalue weighted by Crippen LogP contribution is 2.11. The number of hydrogen-bond acceptors (Lipinski definition) is 3. The second kappa shape index (κ2) is 4.59. The van der Waals surface area contributed by atoms with Gasteiger partial charge in [-0.1, -0.05) is 0 Å². The van der Waals surface area contributed by atoms with Gasteiger partial charge in [0.25, 0.3) is 0 Å². The molecule has 0 aromatic rings. The van der Waals surface area contributed by atoms with Crippen LogP contribution in [0, 0.1) is 11.3 Å². The average Bonchev–Trinajstić information content (AvgIpc) is 2.10. The van der Waals surface area contributed by atoms with E-state index in [0.29, 0.717) is 18.5 Å². The topological polar surface area (TPSA) is 30.3 Å². The van der Waals surface area contributed by atoms with Gasteiger partial charge in [0.1, 0.15) is 0 Å². The molecule has 0 saturated carbocycles. The summed E-state index contributed by atoms with van der Waals surface area (Å²) < 4.78 is 0. The van der Waals surface area contributed by atoms with Crippen LogP contribution in [0.5, 0.6) is 0 Å². The van der Waals surface area contributed by atoms with E-state index in [0.717, 1.165) is 19.6 Å². The van der Waals surface area contributed by atoms with Gasteiger partial charge in [-0.3, -0.25) is 4.90 Å². The zero-order chi connectivity index (χ0) is 9.84. The molecule has 1 aliphatic rings. The van der Waals surface area contributed by atoms with Crippen molar-refractivity contribution in [3.63, 3.8) is 0 Å². The van der Waals surface area contributed by atoms with Gasteiger partial charge in [-0.2, -0.15) is 5.26 Å². The van der Waals surface area contributed by atoms with Gasteiger partial charge in [-0.15, -0.1) is 0 Å². The van der Waals surface area contributed by atoms with Crippen molar-refractivity contribution >= 4 is 0 Å². The second-order valence-corrected chi connectivity index (χ2v) is 4.04. The molecule has 1 fully saturated rings. The van der Waals surface area contributed by atoms with Gasteiger partial charge in [-0.25, -0.2) is 0 Å². The lowest BCUT2D eigenvalue weighted by Crippen LogP contribution is -2.52. The molecule has 13 heavy (non-hydrogen) atoms. The van der Waals surface area contributed by atoms with Gasteiger partial charge >= 0.3 is 0 Å². The van der Waals surface area contributed by atoms with Crippen molar-refractivity contribution in [1.82, 2.24) is 9.80 Å². The molecule has 0 N–H and O–H groups in total. The molecule has 0 radical (unpaired) electrons. The first-order valence-corrected chi connectivity index (χ1v) is 4.96. The molecule has 2 atom stereocenters. The van der Waals surface area contributed by atoms with Crippen LogP contribution in [0.4, 0.5) is 0 Å². The van der Waals surface area contributed by atoms with Crippen molar-refractivity contribution < 1.29 is 0 Å². The number of rotatable bonds is 2. The first-order valence-electron chi connectivity index (χ1n) is 4.96. The Labute approximate surface area is 80.9 Å². The lowest BCUT2D eigenvalue weighted by molar-refractivity contribution is 0.0789. The first kappa shape index (κ1) is 10.5. The van der Waals surface area contributed by atoms with Crippen molar-refractivity contribution in [2.45, 2.75) is 32.4 Å². The van der Waals surface area contributed by atoms with Gasteiger partial charge < -0.3 is 4.90 Å². The van der Waals surface area contributed by atoms with Crippen LogP contribution in [0.1, 0.15) is 20.3 Å². The fraction of sp³-hybridized carbons (Fsp3) is 0.900. The molecule has 0 aromatic carbocycles. The SMILES string of the molecule is CC1CN(C(C)CC#N)CCN1C. The maximum absolute atomic E-state index is 8.60. The van der Waals surface area contributed by atoms with Crippen LogP contribution < -0.4 is 0 Å². The Morgan fingerprint density at radius 3 is 2.77 bits per heavy atom. The van der Waals surface area contributed by atoms with E-state index in [4.69, 9.17) is 5.26 Å². The summed E-state index contributed by atoms with van der Waals surface area (Å²) in [4.78, 5) is 4.78. The van der Waals surface area contributed by atoms with Crippen LogP contribution >= 0.6 is 0 Å². The van der Waals surface area contributed by atoms with Gasteiger partial charge in [-0.05, 0) is 20.9 Å². The van der Waals surface area contributed by atoms with Crippen molar-refractivity contribution in [2.24, 2.45) is 0 Å². The van der Waals surface area contributed by atoms with E-state index in [1.54, 1.807) is 0 Å². The molecule has 0 spiro atoms. The minimum absolute atomic E-state index is 0.418. The van der Waals surface area contributed by atoms with E-state index in [1.165, 1.54) is 0 Å². The predicted molar refractivity (Wildman–Crippen MR) is 53.4 cm³/mol. The Morgan fingerprint density at radius 1 is 1.54 bits per heavy atom. The van der Waals surface area contributed by atoms with Crippen LogP contribution in [-0.2, 0) is 0 Å². The average molecular weight is 181 g/mol. The summed E-state index contributed by atoms with van der Waals surface area (Å²) in [5.74, 6) is 0. The lowest BCUT2D eigenvalue weighted by atomic mass is 10.1. The monoisotopic (exact) mass is 181 g/mol. The smallest absolute Gasteiger partial charge is 0.0638 e. The Morgan fingerprint density at radius 2 is 2.23 bits per heavy atom. The Hall–Kier alpha value is -0.590. The quantitative estimate of drug-likeness (QED) is 0.634. The Kier molecular flexibility index (Phi) is 3.71. The van der Waals surface area contributed by atoms with Crippen molar-refractivity contribution in [3.8, 4) is 6.07 Å². The van der Waals surface area contributed by atoms with Crippen molar-refractivity contribution in [3.05, 3.63) is 0 Å². The molecule has 1 aliphatic heterocycles. The van der Waals surface area contributed by atoms with Gasteiger partial charge in [0, 0.05) is 31.7 Å². The second-order valence-electron chi connectivity index (χ2n) is 4.04. The van der Waals surface area contributed by atoms with Crippen LogP contribution in [-0.4, -0.2) is 48.6 Å². The summed E-state index contributed by atoms with van der Waals surface area (Å²) >= 11 is 0. The zero-order valence-electron chi connectivity index (χ0n) is 8.82. The third-order valence-electron chi connectivity index (χ3n) is 3.00. The maximum Gasteiger partial charge on any atom is 0.0638 e. The highest BCUT2D eigenvalue weighted by molar-refractivity contribution is 4.85. The largest absolute Gasteiger partial charge is 0.301 e. The molecule has 3 heteroatoms. The van der Waals surface area contributed by atoms with Crippen LogP contribution in [0.25, 0.3) is 0 Å². The molecule has 1 heterocycles. The summed E-state index contributed by atoms with van der Waals surface area (Å²) in [6.45, 7) is 7.70. The fourth-order valence-electron chi connectivity index (χ4n) is 1.74. The van der Waals surface area contributed by atoms with Crippen LogP contribution in [0.2, 0.25) is 0 Å².